The first-order chi connectivity index (χ1) is 9.66. The van der Waals surface area contributed by atoms with Gasteiger partial charge in [0.05, 0.1) is 36.6 Å². The molecule has 3 rings (SSSR count). The molecule has 2 unspecified atom stereocenters. The largest absolute Gasteiger partial charge is 0.381 e. The lowest BCUT2D eigenvalue weighted by Crippen LogP contribution is -2.24. The van der Waals surface area contributed by atoms with Gasteiger partial charge in [-0.2, -0.15) is 0 Å². The van der Waals surface area contributed by atoms with Gasteiger partial charge in [-0.25, -0.2) is 4.98 Å². The van der Waals surface area contributed by atoms with Crippen LogP contribution in [0.15, 0.2) is 35.2 Å². The topological polar surface area (TPSA) is 53.1 Å². The maximum absolute atomic E-state index is 6.38. The average molecular weight is 357 g/mol. The number of benzene rings is 1. The van der Waals surface area contributed by atoms with Gasteiger partial charge in [-0.15, -0.1) is 0 Å². The van der Waals surface area contributed by atoms with E-state index in [1.807, 2.05) is 29.0 Å². The number of ether oxygens (including phenoxy) is 1. The molecule has 1 fully saturated rings. The zero-order valence-corrected chi connectivity index (χ0v) is 13.1. The molecule has 1 aliphatic rings. The second-order valence-corrected chi connectivity index (χ2v) is 6.22. The monoisotopic (exact) mass is 355 g/mol. The van der Waals surface area contributed by atoms with Crippen LogP contribution >= 0.6 is 27.5 Å². The molecule has 0 aliphatic carbocycles. The van der Waals surface area contributed by atoms with Crippen LogP contribution in [-0.2, 0) is 4.74 Å². The van der Waals surface area contributed by atoms with E-state index in [-0.39, 0.29) is 6.04 Å². The van der Waals surface area contributed by atoms with Crippen LogP contribution in [0.4, 0.5) is 0 Å². The van der Waals surface area contributed by atoms with E-state index in [1.54, 1.807) is 6.33 Å². The average Bonchev–Trinajstić information content (AvgIpc) is 3.09. The van der Waals surface area contributed by atoms with Gasteiger partial charge in [-0.05, 0) is 40.5 Å². The predicted octanol–water partition coefficient (Wildman–Crippen LogP) is 3.32. The number of rotatable bonds is 3. The fourth-order valence-corrected chi connectivity index (χ4v) is 3.38. The van der Waals surface area contributed by atoms with Crippen LogP contribution in [0.25, 0.3) is 5.69 Å². The summed E-state index contributed by atoms with van der Waals surface area (Å²) in [6.07, 6.45) is 4.59. The highest BCUT2D eigenvalue weighted by atomic mass is 79.9. The van der Waals surface area contributed by atoms with E-state index in [9.17, 15) is 0 Å². The molecule has 2 atom stereocenters. The third-order valence-corrected chi connectivity index (χ3v) is 4.52. The molecule has 6 heteroatoms. The normalized spacial score (nSPS) is 20.2. The summed E-state index contributed by atoms with van der Waals surface area (Å²) in [6.45, 7) is 1.51. The summed E-state index contributed by atoms with van der Waals surface area (Å²) >= 11 is 9.52. The zero-order valence-electron chi connectivity index (χ0n) is 10.8. The van der Waals surface area contributed by atoms with Gasteiger partial charge < -0.3 is 15.0 Å². The summed E-state index contributed by atoms with van der Waals surface area (Å²) in [5.41, 5.74) is 8.35. The van der Waals surface area contributed by atoms with Gasteiger partial charge in [0.2, 0.25) is 0 Å². The minimum absolute atomic E-state index is 0.0809. The molecular weight excluding hydrogens is 342 g/mol. The molecule has 1 aromatic carbocycles. The summed E-state index contributed by atoms with van der Waals surface area (Å²) in [7, 11) is 0. The van der Waals surface area contributed by atoms with Crippen LogP contribution in [0.5, 0.6) is 0 Å². The van der Waals surface area contributed by atoms with Crippen molar-refractivity contribution in [2.24, 2.45) is 11.7 Å². The SMILES string of the molecule is NC(c1cncn1-c1ccc(Cl)cc1Br)C1CCOC1. The fourth-order valence-electron chi connectivity index (χ4n) is 2.51. The van der Waals surface area contributed by atoms with Crippen molar-refractivity contribution in [3.8, 4) is 5.69 Å². The second kappa shape index (κ2) is 5.85. The number of nitrogens with two attached hydrogens (primary N) is 1. The maximum atomic E-state index is 6.38. The van der Waals surface area contributed by atoms with Crippen molar-refractivity contribution in [1.82, 2.24) is 9.55 Å². The lowest BCUT2D eigenvalue weighted by atomic mass is 9.97. The van der Waals surface area contributed by atoms with Crippen molar-refractivity contribution >= 4 is 27.5 Å². The predicted molar refractivity (Wildman–Crippen MR) is 82.1 cm³/mol. The van der Waals surface area contributed by atoms with Crippen molar-refractivity contribution in [2.75, 3.05) is 13.2 Å². The lowest BCUT2D eigenvalue weighted by molar-refractivity contribution is 0.180. The Morgan fingerprint density at radius 3 is 3.05 bits per heavy atom. The molecule has 0 amide bonds. The van der Waals surface area contributed by atoms with Crippen LogP contribution in [0.2, 0.25) is 5.02 Å². The van der Waals surface area contributed by atoms with Crippen molar-refractivity contribution in [3.63, 3.8) is 0 Å². The highest BCUT2D eigenvalue weighted by molar-refractivity contribution is 9.10. The first kappa shape index (κ1) is 14.1. The Morgan fingerprint density at radius 1 is 1.50 bits per heavy atom. The van der Waals surface area contributed by atoms with E-state index in [0.29, 0.717) is 17.5 Å². The van der Waals surface area contributed by atoms with Crippen LogP contribution in [0, 0.1) is 5.92 Å². The Hall–Kier alpha value is -0.880. The minimum Gasteiger partial charge on any atom is -0.381 e. The molecule has 0 saturated carbocycles. The van der Waals surface area contributed by atoms with Crippen LogP contribution in [0.1, 0.15) is 18.2 Å². The number of nitrogens with zero attached hydrogens (tertiary/aromatic N) is 2. The van der Waals surface area contributed by atoms with Gasteiger partial charge in [0.1, 0.15) is 0 Å². The van der Waals surface area contributed by atoms with Gasteiger partial charge in [0.25, 0.3) is 0 Å². The summed E-state index contributed by atoms with van der Waals surface area (Å²) < 4.78 is 8.34. The van der Waals surface area contributed by atoms with Crippen LogP contribution < -0.4 is 5.73 Å². The minimum atomic E-state index is -0.0809. The van der Waals surface area contributed by atoms with Crippen molar-refractivity contribution in [2.45, 2.75) is 12.5 Å². The molecule has 4 nitrogen and oxygen atoms in total. The van der Waals surface area contributed by atoms with E-state index in [4.69, 9.17) is 22.1 Å². The molecule has 0 radical (unpaired) electrons. The molecule has 2 N–H and O–H groups in total. The molecule has 2 heterocycles. The maximum Gasteiger partial charge on any atom is 0.0995 e. The molecule has 106 valence electrons. The van der Waals surface area contributed by atoms with E-state index in [1.165, 1.54) is 0 Å². The van der Waals surface area contributed by atoms with Crippen LogP contribution in [0.3, 0.4) is 0 Å². The highest BCUT2D eigenvalue weighted by Gasteiger charge is 2.26. The third kappa shape index (κ3) is 2.63. The van der Waals surface area contributed by atoms with Crippen molar-refractivity contribution in [1.29, 1.82) is 0 Å². The Balaban J connectivity index is 1.97. The first-order valence-corrected chi connectivity index (χ1v) is 7.65. The molecule has 0 bridgehead atoms. The smallest absolute Gasteiger partial charge is 0.0995 e. The Bertz CT molecular complexity index is 610. The van der Waals surface area contributed by atoms with E-state index < -0.39 is 0 Å². The Morgan fingerprint density at radius 2 is 2.35 bits per heavy atom. The Kier molecular flexibility index (Phi) is 4.12. The molecule has 1 aliphatic heterocycles. The van der Waals surface area contributed by atoms with Gasteiger partial charge in [0.15, 0.2) is 0 Å². The molecular formula is C14H15BrClN3O. The first-order valence-electron chi connectivity index (χ1n) is 6.48. The zero-order chi connectivity index (χ0) is 14.1. The number of halogens is 2. The number of imidazole rings is 1. The Labute approximate surface area is 131 Å². The third-order valence-electron chi connectivity index (χ3n) is 3.65. The van der Waals surface area contributed by atoms with Gasteiger partial charge in [-0.3, -0.25) is 0 Å². The molecule has 2 aromatic rings. The van der Waals surface area contributed by atoms with E-state index in [0.717, 1.165) is 28.9 Å². The quantitative estimate of drug-likeness (QED) is 0.918. The van der Waals surface area contributed by atoms with Crippen molar-refractivity contribution < 1.29 is 4.74 Å². The fraction of sp³-hybridized carbons (Fsp3) is 0.357. The van der Waals surface area contributed by atoms with E-state index in [2.05, 4.69) is 20.9 Å². The second-order valence-electron chi connectivity index (χ2n) is 4.93. The van der Waals surface area contributed by atoms with Crippen LogP contribution in [-0.4, -0.2) is 22.8 Å². The summed E-state index contributed by atoms with van der Waals surface area (Å²) in [6, 6.07) is 5.60. The summed E-state index contributed by atoms with van der Waals surface area (Å²) in [5.74, 6) is 0.344. The molecule has 1 saturated heterocycles. The highest BCUT2D eigenvalue weighted by Crippen LogP contribution is 2.31. The lowest BCUT2D eigenvalue weighted by Gasteiger charge is -2.20. The van der Waals surface area contributed by atoms with Crippen molar-refractivity contribution in [3.05, 3.63) is 45.9 Å². The van der Waals surface area contributed by atoms with E-state index >= 15 is 0 Å². The number of hydrogen-bond donors (Lipinski definition) is 1. The summed E-state index contributed by atoms with van der Waals surface area (Å²) in [5, 5.41) is 0.691. The van der Waals surface area contributed by atoms with Gasteiger partial charge >= 0.3 is 0 Å². The standard InChI is InChI=1S/C14H15BrClN3O/c15-11-5-10(16)1-2-12(11)19-8-18-6-13(19)14(17)9-3-4-20-7-9/h1-2,5-6,8-9,14H,3-4,7,17H2. The van der Waals surface area contributed by atoms with Gasteiger partial charge in [0, 0.05) is 22.0 Å². The van der Waals surface area contributed by atoms with Gasteiger partial charge in [-0.1, -0.05) is 11.6 Å². The molecule has 0 spiro atoms. The molecule has 20 heavy (non-hydrogen) atoms. The summed E-state index contributed by atoms with van der Waals surface area (Å²) in [4.78, 5) is 4.24. The number of aromatic nitrogens is 2. The number of hydrogen-bond acceptors (Lipinski definition) is 3. The molecule has 1 aromatic heterocycles.